The normalized spacial score (nSPS) is 14.4. The molecule has 0 rings (SSSR count). The van der Waals surface area contributed by atoms with Crippen molar-refractivity contribution in [2.24, 2.45) is 5.92 Å². The lowest BCUT2D eigenvalue weighted by Crippen LogP contribution is -2.11. The summed E-state index contributed by atoms with van der Waals surface area (Å²) in [6.45, 7) is 6.80. The van der Waals surface area contributed by atoms with E-state index in [9.17, 15) is 5.11 Å². The fourth-order valence-electron chi connectivity index (χ4n) is 2.94. The van der Waals surface area contributed by atoms with Crippen LogP contribution in [-0.2, 0) is 0 Å². The third-order valence-electron chi connectivity index (χ3n) is 4.37. The molecule has 1 nitrogen and oxygen atoms in total. The monoisotopic (exact) mass is 284 g/mol. The first-order chi connectivity index (χ1) is 9.70. The molecule has 0 heterocycles. The Morgan fingerprint density at radius 3 is 1.70 bits per heavy atom. The highest BCUT2D eigenvalue weighted by Gasteiger charge is 2.09. The van der Waals surface area contributed by atoms with E-state index in [1.807, 2.05) is 0 Å². The van der Waals surface area contributed by atoms with E-state index in [0.717, 1.165) is 12.8 Å². The molecule has 0 spiro atoms. The molecule has 0 aromatic heterocycles. The van der Waals surface area contributed by atoms with E-state index >= 15 is 0 Å². The molecule has 0 aliphatic rings. The highest BCUT2D eigenvalue weighted by atomic mass is 16.3. The van der Waals surface area contributed by atoms with E-state index < -0.39 is 0 Å². The second-order valence-corrected chi connectivity index (χ2v) is 6.75. The Bertz CT molecular complexity index is 179. The Hall–Kier alpha value is -0.0400. The van der Waals surface area contributed by atoms with Crippen molar-refractivity contribution >= 4 is 0 Å². The summed E-state index contributed by atoms with van der Waals surface area (Å²) in [5, 5.41) is 10.0. The molecule has 0 fully saturated rings. The molecule has 2 unspecified atom stereocenters. The summed E-state index contributed by atoms with van der Waals surface area (Å²) in [7, 11) is 0. The number of hydrogen-bond acceptors (Lipinski definition) is 1. The standard InChI is InChI=1S/C19H40O/c1-4-6-8-9-10-11-12-13-14-16-19(20)17-18(3)15-7-5-2/h18-20H,4-17H2,1-3H3. The number of aliphatic hydroxyl groups excluding tert-OH is 1. The lowest BCUT2D eigenvalue weighted by Gasteiger charge is -2.16. The van der Waals surface area contributed by atoms with Crippen LogP contribution in [0.4, 0.5) is 0 Å². The van der Waals surface area contributed by atoms with Crippen LogP contribution in [0.5, 0.6) is 0 Å². The van der Waals surface area contributed by atoms with Crippen LogP contribution in [0.2, 0.25) is 0 Å². The van der Waals surface area contributed by atoms with E-state index in [2.05, 4.69) is 20.8 Å². The fourth-order valence-corrected chi connectivity index (χ4v) is 2.94. The molecule has 0 saturated carbocycles. The van der Waals surface area contributed by atoms with Gasteiger partial charge in [-0.3, -0.25) is 0 Å². The van der Waals surface area contributed by atoms with Crippen LogP contribution in [0, 0.1) is 5.92 Å². The molecule has 20 heavy (non-hydrogen) atoms. The van der Waals surface area contributed by atoms with Crippen LogP contribution in [-0.4, -0.2) is 11.2 Å². The van der Waals surface area contributed by atoms with Gasteiger partial charge in [0, 0.05) is 0 Å². The highest BCUT2D eigenvalue weighted by Crippen LogP contribution is 2.18. The lowest BCUT2D eigenvalue weighted by atomic mass is 9.95. The van der Waals surface area contributed by atoms with Gasteiger partial charge in [-0.1, -0.05) is 97.8 Å². The number of aliphatic hydroxyl groups is 1. The Balaban J connectivity index is 3.24. The van der Waals surface area contributed by atoms with Gasteiger partial charge in [-0.05, 0) is 18.8 Å². The van der Waals surface area contributed by atoms with Crippen LogP contribution in [0.1, 0.15) is 111 Å². The molecule has 0 aromatic rings. The van der Waals surface area contributed by atoms with E-state index in [1.165, 1.54) is 77.0 Å². The van der Waals surface area contributed by atoms with E-state index in [-0.39, 0.29) is 6.10 Å². The molecule has 0 aromatic carbocycles. The molecule has 0 radical (unpaired) electrons. The van der Waals surface area contributed by atoms with Crippen molar-refractivity contribution in [3.8, 4) is 0 Å². The summed E-state index contributed by atoms with van der Waals surface area (Å²) in [5.41, 5.74) is 0. The maximum absolute atomic E-state index is 10.0. The van der Waals surface area contributed by atoms with Gasteiger partial charge in [-0.15, -0.1) is 0 Å². The second-order valence-electron chi connectivity index (χ2n) is 6.75. The molecule has 1 heteroatoms. The maximum Gasteiger partial charge on any atom is 0.0542 e. The third-order valence-corrected chi connectivity index (χ3v) is 4.37. The van der Waals surface area contributed by atoms with Crippen LogP contribution >= 0.6 is 0 Å². The zero-order valence-electron chi connectivity index (χ0n) is 14.5. The molecule has 0 aliphatic carbocycles. The van der Waals surface area contributed by atoms with E-state index in [1.54, 1.807) is 0 Å². The number of unbranched alkanes of at least 4 members (excludes halogenated alkanes) is 9. The first kappa shape index (κ1) is 20.0. The van der Waals surface area contributed by atoms with Gasteiger partial charge in [0.1, 0.15) is 0 Å². The first-order valence-corrected chi connectivity index (χ1v) is 9.38. The SMILES string of the molecule is CCCCCCCCCCCC(O)CC(C)CCCC. The minimum absolute atomic E-state index is 0.0496. The molecule has 122 valence electrons. The van der Waals surface area contributed by atoms with Crippen molar-refractivity contribution in [1.82, 2.24) is 0 Å². The fraction of sp³-hybridized carbons (Fsp3) is 1.00. The molecular weight excluding hydrogens is 244 g/mol. The van der Waals surface area contributed by atoms with Gasteiger partial charge in [-0.2, -0.15) is 0 Å². The van der Waals surface area contributed by atoms with Gasteiger partial charge in [0.05, 0.1) is 6.10 Å². The van der Waals surface area contributed by atoms with Gasteiger partial charge >= 0.3 is 0 Å². The predicted molar refractivity (Wildman–Crippen MR) is 91.2 cm³/mol. The van der Waals surface area contributed by atoms with Crippen LogP contribution in [0.25, 0.3) is 0 Å². The van der Waals surface area contributed by atoms with Gasteiger partial charge in [-0.25, -0.2) is 0 Å². The summed E-state index contributed by atoms with van der Waals surface area (Å²) in [6.07, 6.45) is 18.1. The van der Waals surface area contributed by atoms with Gasteiger partial charge in [0.2, 0.25) is 0 Å². The van der Waals surface area contributed by atoms with Crippen molar-refractivity contribution in [1.29, 1.82) is 0 Å². The quantitative estimate of drug-likeness (QED) is 0.341. The van der Waals surface area contributed by atoms with Crippen LogP contribution < -0.4 is 0 Å². The zero-order valence-corrected chi connectivity index (χ0v) is 14.5. The smallest absolute Gasteiger partial charge is 0.0542 e. The van der Waals surface area contributed by atoms with Crippen molar-refractivity contribution in [3.63, 3.8) is 0 Å². The number of hydrogen-bond donors (Lipinski definition) is 1. The van der Waals surface area contributed by atoms with E-state index in [4.69, 9.17) is 0 Å². The molecule has 2 atom stereocenters. The number of rotatable bonds is 15. The van der Waals surface area contributed by atoms with Crippen molar-refractivity contribution < 1.29 is 5.11 Å². The summed E-state index contributed by atoms with van der Waals surface area (Å²) in [5.74, 6) is 0.698. The molecule has 0 amide bonds. The summed E-state index contributed by atoms with van der Waals surface area (Å²) >= 11 is 0. The van der Waals surface area contributed by atoms with E-state index in [0.29, 0.717) is 5.92 Å². The minimum Gasteiger partial charge on any atom is -0.393 e. The highest BCUT2D eigenvalue weighted by molar-refractivity contribution is 4.62. The summed E-state index contributed by atoms with van der Waals surface area (Å²) < 4.78 is 0. The molecular formula is C19H40O. The van der Waals surface area contributed by atoms with Crippen molar-refractivity contribution in [3.05, 3.63) is 0 Å². The third kappa shape index (κ3) is 14.4. The van der Waals surface area contributed by atoms with Crippen LogP contribution in [0.15, 0.2) is 0 Å². The Kier molecular flexibility index (Phi) is 15.3. The average Bonchev–Trinajstić information content (AvgIpc) is 2.43. The first-order valence-electron chi connectivity index (χ1n) is 9.38. The molecule has 0 bridgehead atoms. The zero-order chi connectivity index (χ0) is 15.1. The lowest BCUT2D eigenvalue weighted by molar-refractivity contribution is 0.130. The minimum atomic E-state index is -0.0496. The van der Waals surface area contributed by atoms with Gasteiger partial charge in [0.25, 0.3) is 0 Å². The van der Waals surface area contributed by atoms with Crippen LogP contribution in [0.3, 0.4) is 0 Å². The average molecular weight is 285 g/mol. The predicted octanol–water partition coefficient (Wildman–Crippen LogP) is 6.48. The molecule has 0 aliphatic heterocycles. The maximum atomic E-state index is 10.0. The molecule has 0 saturated heterocycles. The summed E-state index contributed by atoms with van der Waals surface area (Å²) in [6, 6.07) is 0. The van der Waals surface area contributed by atoms with Gasteiger partial charge < -0.3 is 5.11 Å². The summed E-state index contributed by atoms with van der Waals surface area (Å²) in [4.78, 5) is 0. The Morgan fingerprint density at radius 1 is 0.650 bits per heavy atom. The largest absolute Gasteiger partial charge is 0.393 e. The molecule has 1 N–H and O–H groups in total. The second kappa shape index (κ2) is 15.4. The van der Waals surface area contributed by atoms with Gasteiger partial charge in [0.15, 0.2) is 0 Å². The Labute approximate surface area is 128 Å². The van der Waals surface area contributed by atoms with Crippen molar-refractivity contribution in [2.75, 3.05) is 0 Å². The Morgan fingerprint density at radius 2 is 1.15 bits per heavy atom. The van der Waals surface area contributed by atoms with Crippen molar-refractivity contribution in [2.45, 2.75) is 117 Å². The topological polar surface area (TPSA) is 20.2 Å².